The fourth-order valence-electron chi connectivity index (χ4n) is 5.40. The number of azide groups is 1. The van der Waals surface area contributed by atoms with Crippen LogP contribution in [0.1, 0.15) is 34.8 Å². The molecule has 4 aromatic carbocycles. The number of nitrogens with zero attached hydrogens (tertiary/aromatic N) is 4. The Morgan fingerprint density at radius 2 is 1.85 bits per heavy atom. The van der Waals surface area contributed by atoms with Crippen molar-refractivity contribution in [1.82, 2.24) is 10.9 Å². The molecule has 2 aliphatic rings. The van der Waals surface area contributed by atoms with Gasteiger partial charge in [0.25, 0.3) is 5.91 Å². The molecule has 0 radical (unpaired) electrons. The Morgan fingerprint density at radius 1 is 1.06 bits per heavy atom. The molecule has 0 saturated carbocycles. The van der Waals surface area contributed by atoms with Gasteiger partial charge in [-0.2, -0.15) is 0 Å². The van der Waals surface area contributed by atoms with Crippen LogP contribution in [-0.2, 0) is 22.5 Å². The van der Waals surface area contributed by atoms with E-state index in [9.17, 15) is 10.3 Å². The number of ether oxygens (including phenoxy) is 4. The minimum atomic E-state index is -1.53. The van der Waals surface area contributed by atoms with E-state index in [4.69, 9.17) is 29.0 Å². The Balaban J connectivity index is 1.37. The van der Waals surface area contributed by atoms with E-state index in [-0.39, 0.29) is 25.7 Å². The van der Waals surface area contributed by atoms with E-state index in [0.717, 1.165) is 15.6 Å². The summed E-state index contributed by atoms with van der Waals surface area (Å²) in [7, 11) is 0. The minimum absolute atomic E-state index is 0.0404. The summed E-state index contributed by atoms with van der Waals surface area (Å²) in [5.74, 6) is 1.76. The molecule has 0 saturated heterocycles. The third kappa shape index (κ3) is 7.18. The highest BCUT2D eigenvalue weighted by Crippen LogP contribution is 2.44. The molecule has 0 aromatic heterocycles. The monoisotopic (exact) mass is 698 g/mol. The Morgan fingerprint density at radius 3 is 2.64 bits per heavy atom. The summed E-state index contributed by atoms with van der Waals surface area (Å²) in [5.41, 5.74) is 16.9. The molecule has 3 N–H and O–H groups in total. The van der Waals surface area contributed by atoms with Gasteiger partial charge in [-0.25, -0.2) is 10.4 Å². The molecule has 2 atom stereocenters. The van der Waals surface area contributed by atoms with Crippen LogP contribution in [0, 0.1) is 0 Å². The van der Waals surface area contributed by atoms with Gasteiger partial charge >= 0.3 is 0 Å². The normalized spacial score (nSPS) is 17.7. The molecule has 2 aliphatic heterocycles. The number of aliphatic imine (C=N–C) groups is 1. The molecule has 12 nitrogen and oxygen atoms in total. The van der Waals surface area contributed by atoms with Crippen molar-refractivity contribution < 1.29 is 28.8 Å². The van der Waals surface area contributed by atoms with Gasteiger partial charge in [-0.15, -0.1) is 0 Å². The Hall–Kier alpha value is -5.07. The first-order valence-corrected chi connectivity index (χ1v) is 15.7. The van der Waals surface area contributed by atoms with Gasteiger partial charge in [0.2, 0.25) is 12.7 Å². The number of aliphatic hydroxyl groups excluding tert-OH is 1. The Bertz CT molecular complexity index is 1810. The minimum Gasteiger partial charge on any atom is -0.494 e. The molecule has 13 heteroatoms. The van der Waals surface area contributed by atoms with Crippen LogP contribution in [0.4, 0.5) is 5.69 Å². The molecular formula is C34H31BrN6O6. The number of carbonyl (C=O) groups is 1. The van der Waals surface area contributed by atoms with Crippen molar-refractivity contribution in [2.75, 3.05) is 20.0 Å². The highest BCUT2D eigenvalue weighted by molar-refractivity contribution is 9.10. The lowest BCUT2D eigenvalue weighted by atomic mass is 9.81. The van der Waals surface area contributed by atoms with Crippen LogP contribution < -0.4 is 25.1 Å². The fourth-order valence-corrected chi connectivity index (χ4v) is 5.67. The second kappa shape index (κ2) is 14.6. The van der Waals surface area contributed by atoms with Gasteiger partial charge in [-0.1, -0.05) is 63.5 Å². The third-order valence-electron chi connectivity index (χ3n) is 7.74. The van der Waals surface area contributed by atoms with Gasteiger partial charge in [0.05, 0.1) is 6.61 Å². The number of hydrogen-bond donors (Lipinski definition) is 3. The first-order valence-electron chi connectivity index (χ1n) is 14.9. The number of aliphatic hydroxyl groups is 1. The maximum atomic E-state index is 14.5. The first kappa shape index (κ1) is 31.9. The first-order chi connectivity index (χ1) is 23.0. The number of hydrogen-bond acceptors (Lipinski definition) is 9. The summed E-state index contributed by atoms with van der Waals surface area (Å²) < 4.78 is 24.0. The van der Waals surface area contributed by atoms with Crippen molar-refractivity contribution >= 4 is 33.4 Å². The van der Waals surface area contributed by atoms with Crippen LogP contribution in [0.5, 0.6) is 17.2 Å². The average molecular weight is 700 g/mol. The lowest BCUT2D eigenvalue weighted by Crippen LogP contribution is -2.53. The number of nitrogens with one attached hydrogen (secondary N) is 2. The zero-order valence-electron chi connectivity index (χ0n) is 25.1. The fraction of sp³-hybridized carbons (Fsp3) is 0.235. The average Bonchev–Trinajstić information content (AvgIpc) is 3.72. The number of benzene rings is 4. The number of carbonyl (C=O) groups excluding carboxylic acids is 1. The molecule has 0 bridgehead atoms. The van der Waals surface area contributed by atoms with Crippen LogP contribution in [-0.4, -0.2) is 42.5 Å². The van der Waals surface area contributed by atoms with Gasteiger partial charge < -0.3 is 24.1 Å². The highest BCUT2D eigenvalue weighted by atomic mass is 79.9. The van der Waals surface area contributed by atoms with Crippen LogP contribution >= 0.6 is 15.9 Å². The van der Waals surface area contributed by atoms with Crippen LogP contribution in [0.25, 0.3) is 10.4 Å². The predicted octanol–water partition coefficient (Wildman–Crippen LogP) is 6.20. The van der Waals surface area contributed by atoms with E-state index in [1.165, 1.54) is 0 Å². The van der Waals surface area contributed by atoms with E-state index < -0.39 is 17.6 Å². The molecule has 240 valence electrons. The van der Waals surface area contributed by atoms with E-state index in [1.54, 1.807) is 24.3 Å². The second-order valence-electron chi connectivity index (χ2n) is 10.8. The van der Waals surface area contributed by atoms with Gasteiger partial charge in [-0.05, 0) is 70.8 Å². The van der Waals surface area contributed by atoms with Crippen LogP contribution in [0.3, 0.4) is 0 Å². The zero-order chi connectivity index (χ0) is 32.6. The summed E-state index contributed by atoms with van der Waals surface area (Å²) in [6.45, 7) is 0.886. The maximum Gasteiger partial charge on any atom is 0.266 e. The van der Waals surface area contributed by atoms with Crippen molar-refractivity contribution in [2.45, 2.75) is 31.0 Å². The van der Waals surface area contributed by atoms with E-state index >= 15 is 0 Å². The second-order valence-corrected chi connectivity index (χ2v) is 11.7. The van der Waals surface area contributed by atoms with Crippen LogP contribution in [0.15, 0.2) is 106 Å². The molecule has 4 aromatic rings. The summed E-state index contributed by atoms with van der Waals surface area (Å²) >= 11 is 3.50. The lowest BCUT2D eigenvalue weighted by molar-refractivity contribution is -0.130. The largest absolute Gasteiger partial charge is 0.494 e. The number of fused-ring (bicyclic) bond motifs is 1. The Labute approximate surface area is 279 Å². The molecular weight excluding hydrogens is 668 g/mol. The zero-order valence-corrected chi connectivity index (χ0v) is 26.7. The maximum absolute atomic E-state index is 14.5. The SMILES string of the molecule is [N-]=[N+]=Nc1ccccc1C[C@]1(C(=O)NNCc2ccc3c(c2)OCO3)N=C(c2ccc(OCCCO)cc2)O[C@H]1c1ccc(Br)cc1. The lowest BCUT2D eigenvalue weighted by Gasteiger charge is -2.31. The standard InChI is InChI=1S/C34H31BrN6O6/c35-26-11-7-23(8-12-26)31-34(19-25-4-1-2-5-28(25)39-41-36,33(43)40-37-20-22-6-15-29-30(18-22)46-21-45-29)38-32(47-31)24-9-13-27(14-10-24)44-17-3-16-42/h1-2,4-15,18,31,37,42H,3,16-17,19-21H2,(H,40,43)/t31-,34-/m0/s1. The van der Waals surface area contributed by atoms with Gasteiger partial charge in [0.1, 0.15) is 5.75 Å². The van der Waals surface area contributed by atoms with E-state index in [1.807, 2.05) is 66.7 Å². The summed E-state index contributed by atoms with van der Waals surface area (Å²) in [5, 5.41) is 13.0. The van der Waals surface area contributed by atoms with Crippen LogP contribution in [0.2, 0.25) is 0 Å². The summed E-state index contributed by atoms with van der Waals surface area (Å²) in [4.78, 5) is 22.5. The molecule has 0 spiro atoms. The summed E-state index contributed by atoms with van der Waals surface area (Å²) in [6, 6.07) is 27.4. The van der Waals surface area contributed by atoms with E-state index in [2.05, 4.69) is 36.8 Å². The predicted molar refractivity (Wildman–Crippen MR) is 177 cm³/mol. The van der Waals surface area contributed by atoms with Crippen molar-refractivity contribution in [3.63, 3.8) is 0 Å². The van der Waals surface area contributed by atoms with Crippen molar-refractivity contribution in [1.29, 1.82) is 0 Å². The smallest absolute Gasteiger partial charge is 0.266 e. The Kier molecular flexibility index (Phi) is 9.89. The molecule has 47 heavy (non-hydrogen) atoms. The van der Waals surface area contributed by atoms with Gasteiger partial charge in [-0.3, -0.25) is 10.2 Å². The van der Waals surface area contributed by atoms with Crippen molar-refractivity contribution in [2.24, 2.45) is 10.1 Å². The van der Waals surface area contributed by atoms with Gasteiger partial charge in [0, 0.05) is 46.6 Å². The molecule has 0 aliphatic carbocycles. The summed E-state index contributed by atoms with van der Waals surface area (Å²) in [6.07, 6.45) is -0.270. The number of rotatable bonds is 13. The topological polar surface area (TPSA) is 159 Å². The number of hydrazine groups is 1. The quantitative estimate of drug-likeness (QED) is 0.0493. The number of amides is 1. The number of halogens is 1. The molecule has 0 unspecified atom stereocenters. The van der Waals surface area contributed by atoms with Gasteiger partial charge in [0.15, 0.2) is 23.1 Å². The highest BCUT2D eigenvalue weighted by Gasteiger charge is 2.53. The van der Waals surface area contributed by atoms with E-state index in [0.29, 0.717) is 53.6 Å². The van der Waals surface area contributed by atoms with Crippen molar-refractivity contribution in [3.05, 3.63) is 128 Å². The third-order valence-corrected chi connectivity index (χ3v) is 8.27. The molecule has 1 amide bonds. The molecule has 6 rings (SSSR count). The molecule has 2 heterocycles. The van der Waals surface area contributed by atoms with Crippen molar-refractivity contribution in [3.8, 4) is 17.2 Å². The molecule has 0 fully saturated rings.